The van der Waals surface area contributed by atoms with Crippen molar-refractivity contribution in [1.82, 2.24) is 25.1 Å². The van der Waals surface area contributed by atoms with E-state index in [1.807, 2.05) is 0 Å². The number of carbonyl (C=O) groups excluding carboxylic acids is 1. The molecule has 112 valence electrons. The van der Waals surface area contributed by atoms with Crippen LogP contribution in [-0.4, -0.2) is 42.9 Å². The van der Waals surface area contributed by atoms with Crippen molar-refractivity contribution < 1.29 is 14.7 Å². The Morgan fingerprint density at radius 2 is 2.29 bits per heavy atom. The second-order valence-corrected chi connectivity index (χ2v) is 4.57. The fraction of sp³-hybridized carbons (Fsp3) is 0.333. The normalized spacial score (nSPS) is 11.9. The minimum absolute atomic E-state index is 0.120. The van der Waals surface area contributed by atoms with Gasteiger partial charge in [-0.25, -0.2) is 14.6 Å². The van der Waals surface area contributed by atoms with Gasteiger partial charge in [-0.1, -0.05) is 0 Å². The van der Waals surface area contributed by atoms with Gasteiger partial charge in [0, 0.05) is 31.6 Å². The van der Waals surface area contributed by atoms with Crippen LogP contribution in [0.25, 0.3) is 0 Å². The number of carboxylic acids is 1. The zero-order valence-corrected chi connectivity index (χ0v) is 11.6. The van der Waals surface area contributed by atoms with E-state index < -0.39 is 18.0 Å². The SMILES string of the molecule is Cc1nn(C)cc1NC(=O)NC(Cc1cnc[nH]1)C(=O)O. The average Bonchev–Trinajstić information content (AvgIpc) is 2.99. The lowest BCUT2D eigenvalue weighted by Crippen LogP contribution is -2.44. The van der Waals surface area contributed by atoms with Gasteiger partial charge < -0.3 is 20.7 Å². The number of nitrogens with one attached hydrogen (secondary N) is 3. The number of hydrogen-bond acceptors (Lipinski definition) is 4. The van der Waals surface area contributed by atoms with Crippen molar-refractivity contribution in [3.8, 4) is 0 Å². The summed E-state index contributed by atoms with van der Waals surface area (Å²) in [6.45, 7) is 1.74. The molecular weight excluding hydrogens is 276 g/mol. The number of H-pyrrole nitrogens is 1. The number of rotatable bonds is 5. The molecular formula is C12H16N6O3. The van der Waals surface area contributed by atoms with Crippen molar-refractivity contribution in [2.45, 2.75) is 19.4 Å². The number of aliphatic carboxylic acids is 1. The minimum atomic E-state index is -1.12. The lowest BCUT2D eigenvalue weighted by Gasteiger charge is -2.14. The second-order valence-electron chi connectivity index (χ2n) is 4.57. The molecule has 1 unspecified atom stereocenters. The van der Waals surface area contributed by atoms with Crippen LogP contribution < -0.4 is 10.6 Å². The van der Waals surface area contributed by atoms with Gasteiger partial charge in [-0.2, -0.15) is 5.10 Å². The summed E-state index contributed by atoms with van der Waals surface area (Å²) in [7, 11) is 1.73. The Hall–Kier alpha value is -2.84. The van der Waals surface area contributed by atoms with Crippen LogP contribution in [0.4, 0.5) is 10.5 Å². The quantitative estimate of drug-likeness (QED) is 0.629. The Kier molecular flexibility index (Phi) is 4.21. The molecule has 4 N–H and O–H groups in total. The van der Waals surface area contributed by atoms with Gasteiger partial charge in [0.2, 0.25) is 0 Å². The molecule has 2 aromatic rings. The van der Waals surface area contributed by atoms with E-state index in [0.717, 1.165) is 0 Å². The van der Waals surface area contributed by atoms with E-state index in [1.54, 1.807) is 24.9 Å². The van der Waals surface area contributed by atoms with Crippen LogP contribution in [-0.2, 0) is 18.3 Å². The van der Waals surface area contributed by atoms with Crippen LogP contribution in [0.3, 0.4) is 0 Å². The first-order chi connectivity index (χ1) is 9.95. The van der Waals surface area contributed by atoms with Crippen LogP contribution >= 0.6 is 0 Å². The monoisotopic (exact) mass is 292 g/mol. The summed E-state index contributed by atoms with van der Waals surface area (Å²) < 4.78 is 1.56. The Bertz CT molecular complexity index is 633. The molecule has 0 bridgehead atoms. The van der Waals surface area contributed by atoms with Crippen molar-refractivity contribution in [2.75, 3.05) is 5.32 Å². The highest BCUT2D eigenvalue weighted by Gasteiger charge is 2.21. The molecule has 9 nitrogen and oxygen atoms in total. The molecule has 0 saturated heterocycles. The average molecular weight is 292 g/mol. The van der Waals surface area contributed by atoms with Gasteiger partial charge >= 0.3 is 12.0 Å². The third-order valence-electron chi connectivity index (χ3n) is 2.84. The van der Waals surface area contributed by atoms with Crippen molar-refractivity contribution in [1.29, 1.82) is 0 Å². The number of aromatic nitrogens is 4. The van der Waals surface area contributed by atoms with Gasteiger partial charge in [0.15, 0.2) is 0 Å². The van der Waals surface area contributed by atoms with Crippen LogP contribution in [0.15, 0.2) is 18.7 Å². The zero-order chi connectivity index (χ0) is 15.4. The summed E-state index contributed by atoms with van der Waals surface area (Å²) in [5.41, 5.74) is 1.80. The number of carboxylic acid groups (broad SMARTS) is 1. The largest absolute Gasteiger partial charge is 0.480 e. The number of nitrogens with zero attached hydrogens (tertiary/aromatic N) is 3. The lowest BCUT2D eigenvalue weighted by molar-refractivity contribution is -0.139. The molecule has 2 aromatic heterocycles. The van der Waals surface area contributed by atoms with Gasteiger partial charge in [-0.3, -0.25) is 4.68 Å². The van der Waals surface area contributed by atoms with E-state index in [0.29, 0.717) is 17.1 Å². The predicted octanol–water partition coefficient (Wildman–Crippen LogP) is 0.269. The first-order valence-electron chi connectivity index (χ1n) is 6.23. The van der Waals surface area contributed by atoms with E-state index in [9.17, 15) is 9.59 Å². The molecule has 0 aliphatic rings. The van der Waals surface area contributed by atoms with Crippen molar-refractivity contribution in [3.63, 3.8) is 0 Å². The first-order valence-corrected chi connectivity index (χ1v) is 6.23. The maximum atomic E-state index is 11.9. The molecule has 2 heterocycles. The minimum Gasteiger partial charge on any atom is -0.480 e. The van der Waals surface area contributed by atoms with E-state index in [4.69, 9.17) is 5.11 Å². The fourth-order valence-corrected chi connectivity index (χ4v) is 1.86. The summed E-state index contributed by atoms with van der Waals surface area (Å²) in [6.07, 6.45) is 4.72. The molecule has 0 spiro atoms. The molecule has 0 saturated carbocycles. The van der Waals surface area contributed by atoms with Gasteiger partial charge in [0.05, 0.1) is 17.7 Å². The van der Waals surface area contributed by atoms with Crippen LogP contribution in [0.1, 0.15) is 11.4 Å². The molecule has 0 fully saturated rings. The Balaban J connectivity index is 1.98. The van der Waals surface area contributed by atoms with Gasteiger partial charge in [-0.15, -0.1) is 0 Å². The molecule has 0 aliphatic heterocycles. The molecule has 0 aliphatic carbocycles. The summed E-state index contributed by atoms with van der Waals surface area (Å²) in [6, 6.07) is -1.65. The topological polar surface area (TPSA) is 125 Å². The van der Waals surface area contributed by atoms with E-state index in [2.05, 4.69) is 25.7 Å². The summed E-state index contributed by atoms with van der Waals surface area (Å²) in [4.78, 5) is 29.7. The highest BCUT2D eigenvalue weighted by Crippen LogP contribution is 2.11. The molecule has 2 amide bonds. The molecule has 1 atom stereocenters. The fourth-order valence-electron chi connectivity index (χ4n) is 1.86. The summed E-state index contributed by atoms with van der Waals surface area (Å²) in [5.74, 6) is -1.12. The molecule has 0 radical (unpaired) electrons. The van der Waals surface area contributed by atoms with E-state index >= 15 is 0 Å². The number of carbonyl (C=O) groups is 2. The zero-order valence-electron chi connectivity index (χ0n) is 11.6. The van der Waals surface area contributed by atoms with Crippen molar-refractivity contribution in [2.24, 2.45) is 7.05 Å². The Morgan fingerprint density at radius 3 is 2.81 bits per heavy atom. The number of anilines is 1. The van der Waals surface area contributed by atoms with Gasteiger partial charge in [0.25, 0.3) is 0 Å². The maximum absolute atomic E-state index is 11.9. The summed E-state index contributed by atoms with van der Waals surface area (Å²) >= 11 is 0. The highest BCUT2D eigenvalue weighted by molar-refractivity contribution is 5.92. The standard InChI is InChI=1S/C12H16N6O3/c1-7-10(5-18(2)17-7)16-12(21)15-9(11(19)20)3-8-4-13-6-14-8/h4-6,9H,3H2,1-2H3,(H,13,14)(H,19,20)(H2,15,16,21). The summed E-state index contributed by atoms with van der Waals surface area (Å²) in [5, 5.41) is 18.2. The number of amides is 2. The third kappa shape index (κ3) is 3.81. The van der Waals surface area contributed by atoms with Gasteiger partial charge in [-0.05, 0) is 6.92 Å². The molecule has 0 aromatic carbocycles. The smallest absolute Gasteiger partial charge is 0.326 e. The second kappa shape index (κ2) is 6.07. The van der Waals surface area contributed by atoms with E-state index in [1.165, 1.54) is 12.5 Å². The van der Waals surface area contributed by atoms with Gasteiger partial charge in [0.1, 0.15) is 6.04 Å². The molecule has 2 rings (SSSR count). The predicted molar refractivity (Wildman–Crippen MR) is 73.8 cm³/mol. The Morgan fingerprint density at radius 1 is 1.52 bits per heavy atom. The third-order valence-corrected chi connectivity index (χ3v) is 2.84. The maximum Gasteiger partial charge on any atom is 0.326 e. The molecule has 9 heteroatoms. The highest BCUT2D eigenvalue weighted by atomic mass is 16.4. The first kappa shape index (κ1) is 14.6. The van der Waals surface area contributed by atoms with Crippen LogP contribution in [0.5, 0.6) is 0 Å². The molecule has 21 heavy (non-hydrogen) atoms. The van der Waals surface area contributed by atoms with E-state index in [-0.39, 0.29) is 6.42 Å². The number of urea groups is 1. The number of hydrogen-bond donors (Lipinski definition) is 4. The van der Waals surface area contributed by atoms with Crippen LogP contribution in [0.2, 0.25) is 0 Å². The van der Waals surface area contributed by atoms with Crippen molar-refractivity contribution >= 4 is 17.7 Å². The number of aromatic amines is 1. The lowest BCUT2D eigenvalue weighted by atomic mass is 10.2. The number of imidazole rings is 1. The van der Waals surface area contributed by atoms with Crippen LogP contribution in [0, 0.1) is 6.92 Å². The Labute approximate surface area is 120 Å². The number of aryl methyl sites for hydroxylation is 2. The van der Waals surface area contributed by atoms with Crippen molar-refractivity contribution in [3.05, 3.63) is 30.1 Å².